The minimum absolute atomic E-state index is 0.0256. The third-order valence-electron chi connectivity index (χ3n) is 2.22. The first-order chi connectivity index (χ1) is 7.67. The molecule has 0 bridgehead atoms. The van der Waals surface area contributed by atoms with Crippen molar-refractivity contribution in [2.45, 2.75) is 25.8 Å². The molecule has 0 radical (unpaired) electrons. The Morgan fingerprint density at radius 3 is 2.88 bits per heavy atom. The fraction of sp³-hybridized carbons (Fsp3) is 0.500. The molecule has 0 fully saturated rings. The van der Waals surface area contributed by atoms with E-state index in [1.54, 1.807) is 0 Å². The van der Waals surface area contributed by atoms with E-state index in [-0.39, 0.29) is 29.8 Å². The molecule has 16 heavy (non-hydrogen) atoms. The molecule has 88 valence electrons. The molecule has 6 heteroatoms. The normalized spacial score (nSPS) is 12.1. The zero-order valence-electron chi connectivity index (χ0n) is 9.06. The molecule has 0 saturated heterocycles. The van der Waals surface area contributed by atoms with Crippen LogP contribution in [0.25, 0.3) is 0 Å². The summed E-state index contributed by atoms with van der Waals surface area (Å²) in [6, 6.07) is 2.53. The van der Waals surface area contributed by atoms with Gasteiger partial charge in [0.05, 0.1) is 0 Å². The van der Waals surface area contributed by atoms with E-state index in [1.165, 1.54) is 12.1 Å². The van der Waals surface area contributed by atoms with Gasteiger partial charge in [-0.25, -0.2) is 5.10 Å². The van der Waals surface area contributed by atoms with Gasteiger partial charge in [-0.3, -0.25) is 9.59 Å². The molecule has 1 aromatic heterocycles. The van der Waals surface area contributed by atoms with Gasteiger partial charge in [0, 0.05) is 18.7 Å². The van der Waals surface area contributed by atoms with Gasteiger partial charge in [-0.1, -0.05) is 6.92 Å². The second-order valence-corrected chi connectivity index (χ2v) is 3.40. The van der Waals surface area contributed by atoms with Crippen LogP contribution in [0.15, 0.2) is 16.9 Å². The van der Waals surface area contributed by atoms with Crippen LogP contribution in [0.5, 0.6) is 0 Å². The highest BCUT2D eigenvalue weighted by Gasteiger charge is 2.12. The zero-order chi connectivity index (χ0) is 12.0. The lowest BCUT2D eigenvalue weighted by molar-refractivity contribution is 0.0923. The summed E-state index contributed by atoms with van der Waals surface area (Å²) in [6.07, 6.45) is 1.24. The molecule has 0 aliphatic rings. The van der Waals surface area contributed by atoms with Crippen LogP contribution >= 0.6 is 0 Å². The Labute approximate surface area is 92.7 Å². The van der Waals surface area contributed by atoms with E-state index in [0.717, 1.165) is 6.42 Å². The van der Waals surface area contributed by atoms with Crippen molar-refractivity contribution >= 4 is 5.91 Å². The summed E-state index contributed by atoms with van der Waals surface area (Å²) < 4.78 is 0. The fourth-order valence-corrected chi connectivity index (χ4v) is 1.26. The standard InChI is InChI=1S/C10H15N3O3/c1-2-7(5-6-14)11-10(16)8-3-4-9(15)13-12-8/h3-4,7,14H,2,5-6H2,1H3,(H,11,16)(H,13,15). The van der Waals surface area contributed by atoms with Gasteiger partial charge in [-0.15, -0.1) is 0 Å². The molecule has 0 aliphatic heterocycles. The van der Waals surface area contributed by atoms with Crippen LogP contribution in [0.1, 0.15) is 30.3 Å². The van der Waals surface area contributed by atoms with Gasteiger partial charge < -0.3 is 10.4 Å². The molecule has 1 heterocycles. The minimum Gasteiger partial charge on any atom is -0.396 e. The van der Waals surface area contributed by atoms with Crippen molar-refractivity contribution in [2.24, 2.45) is 0 Å². The van der Waals surface area contributed by atoms with Crippen molar-refractivity contribution in [1.29, 1.82) is 0 Å². The number of amides is 1. The first kappa shape index (κ1) is 12.4. The van der Waals surface area contributed by atoms with E-state index in [9.17, 15) is 9.59 Å². The number of aliphatic hydroxyl groups is 1. The van der Waals surface area contributed by atoms with E-state index in [2.05, 4.69) is 15.5 Å². The van der Waals surface area contributed by atoms with Gasteiger partial charge in [0.1, 0.15) is 5.69 Å². The molecule has 0 aliphatic carbocycles. The topological polar surface area (TPSA) is 95.1 Å². The Morgan fingerprint density at radius 2 is 2.38 bits per heavy atom. The van der Waals surface area contributed by atoms with Gasteiger partial charge in [-0.05, 0) is 18.9 Å². The van der Waals surface area contributed by atoms with Crippen molar-refractivity contribution in [3.63, 3.8) is 0 Å². The maximum Gasteiger partial charge on any atom is 0.271 e. The van der Waals surface area contributed by atoms with E-state index in [0.29, 0.717) is 6.42 Å². The molecule has 0 saturated carbocycles. The molecule has 1 rings (SSSR count). The van der Waals surface area contributed by atoms with Crippen LogP contribution < -0.4 is 10.9 Å². The van der Waals surface area contributed by atoms with Crippen LogP contribution in [0.3, 0.4) is 0 Å². The summed E-state index contributed by atoms with van der Waals surface area (Å²) in [5.74, 6) is -0.350. The molecule has 0 spiro atoms. The van der Waals surface area contributed by atoms with Crippen molar-refractivity contribution in [2.75, 3.05) is 6.61 Å². The molecule has 1 aromatic rings. The maximum atomic E-state index is 11.6. The van der Waals surface area contributed by atoms with Crippen molar-refractivity contribution < 1.29 is 9.90 Å². The number of hydrogen-bond donors (Lipinski definition) is 3. The number of aromatic amines is 1. The van der Waals surface area contributed by atoms with E-state index < -0.39 is 0 Å². The summed E-state index contributed by atoms with van der Waals surface area (Å²) in [7, 11) is 0. The minimum atomic E-state index is -0.350. The number of hydrogen-bond acceptors (Lipinski definition) is 4. The van der Waals surface area contributed by atoms with Crippen LogP contribution in [-0.2, 0) is 0 Å². The maximum absolute atomic E-state index is 11.6. The smallest absolute Gasteiger partial charge is 0.271 e. The molecule has 3 N–H and O–H groups in total. The Kier molecular flexibility index (Phi) is 4.65. The Hall–Kier alpha value is -1.69. The highest BCUT2D eigenvalue weighted by Crippen LogP contribution is 1.98. The Morgan fingerprint density at radius 1 is 1.62 bits per heavy atom. The molecule has 1 unspecified atom stereocenters. The number of nitrogens with zero attached hydrogens (tertiary/aromatic N) is 1. The average molecular weight is 225 g/mol. The Balaban J connectivity index is 2.64. The number of carbonyl (C=O) groups is 1. The number of aliphatic hydroxyl groups excluding tert-OH is 1. The van der Waals surface area contributed by atoms with E-state index in [1.807, 2.05) is 6.92 Å². The van der Waals surface area contributed by atoms with E-state index >= 15 is 0 Å². The second kappa shape index (κ2) is 6.02. The Bertz CT molecular complexity index is 382. The van der Waals surface area contributed by atoms with Crippen LogP contribution in [0.2, 0.25) is 0 Å². The molecule has 6 nitrogen and oxygen atoms in total. The molecule has 1 atom stereocenters. The predicted molar refractivity (Wildman–Crippen MR) is 58.1 cm³/mol. The molecule has 1 amide bonds. The lowest BCUT2D eigenvalue weighted by Crippen LogP contribution is -2.35. The summed E-state index contributed by atoms with van der Waals surface area (Å²) >= 11 is 0. The number of carbonyl (C=O) groups excluding carboxylic acids is 1. The first-order valence-electron chi connectivity index (χ1n) is 5.14. The van der Waals surface area contributed by atoms with Crippen LogP contribution in [-0.4, -0.2) is 33.9 Å². The number of aromatic nitrogens is 2. The highest BCUT2D eigenvalue weighted by atomic mass is 16.3. The second-order valence-electron chi connectivity index (χ2n) is 3.40. The highest BCUT2D eigenvalue weighted by molar-refractivity contribution is 5.92. The quantitative estimate of drug-likeness (QED) is 0.639. The predicted octanol–water partition coefficient (Wildman–Crippen LogP) is -0.339. The largest absolute Gasteiger partial charge is 0.396 e. The van der Waals surface area contributed by atoms with Crippen molar-refractivity contribution in [1.82, 2.24) is 15.5 Å². The van der Waals surface area contributed by atoms with Crippen molar-refractivity contribution in [3.05, 3.63) is 28.2 Å². The lowest BCUT2D eigenvalue weighted by Gasteiger charge is -2.14. The third kappa shape index (κ3) is 3.47. The number of H-pyrrole nitrogens is 1. The molecule has 0 aromatic carbocycles. The van der Waals surface area contributed by atoms with Gasteiger partial charge in [0.2, 0.25) is 0 Å². The summed E-state index contributed by atoms with van der Waals surface area (Å²) in [4.78, 5) is 22.4. The summed E-state index contributed by atoms with van der Waals surface area (Å²) in [6.45, 7) is 1.94. The summed E-state index contributed by atoms with van der Waals surface area (Å²) in [5.41, 5.74) is -0.185. The van der Waals surface area contributed by atoms with Gasteiger partial charge >= 0.3 is 0 Å². The fourth-order valence-electron chi connectivity index (χ4n) is 1.26. The van der Waals surface area contributed by atoms with Gasteiger partial charge in [0.25, 0.3) is 11.5 Å². The van der Waals surface area contributed by atoms with Crippen LogP contribution in [0.4, 0.5) is 0 Å². The molecular formula is C10H15N3O3. The number of nitrogens with one attached hydrogen (secondary N) is 2. The third-order valence-corrected chi connectivity index (χ3v) is 2.22. The number of rotatable bonds is 5. The molecular weight excluding hydrogens is 210 g/mol. The van der Waals surface area contributed by atoms with Gasteiger partial charge in [-0.2, -0.15) is 5.10 Å². The zero-order valence-corrected chi connectivity index (χ0v) is 9.06. The van der Waals surface area contributed by atoms with Crippen molar-refractivity contribution in [3.8, 4) is 0 Å². The van der Waals surface area contributed by atoms with E-state index in [4.69, 9.17) is 5.11 Å². The monoisotopic (exact) mass is 225 g/mol. The summed E-state index contributed by atoms with van der Waals surface area (Å²) in [5, 5.41) is 17.3. The first-order valence-corrected chi connectivity index (χ1v) is 5.14. The van der Waals surface area contributed by atoms with Gasteiger partial charge in [0.15, 0.2) is 0 Å². The SMILES string of the molecule is CCC(CCO)NC(=O)c1ccc(=O)[nH]n1. The average Bonchev–Trinajstić information content (AvgIpc) is 2.29. The lowest BCUT2D eigenvalue weighted by atomic mass is 10.1. The van der Waals surface area contributed by atoms with Crippen LogP contribution in [0, 0.1) is 0 Å².